The zero-order chi connectivity index (χ0) is 23.7. The SMILES string of the molecule is COc1ccc(C(=O)Cn2c(=O)n(-c3ccc(Cl)cc3)c(=O)c3cc(Br)ccc32)cc1OC. The van der Waals surface area contributed by atoms with Crippen LogP contribution in [0.2, 0.25) is 5.02 Å². The minimum absolute atomic E-state index is 0.277. The Balaban J connectivity index is 1.90. The van der Waals surface area contributed by atoms with Crippen LogP contribution in [0, 0.1) is 0 Å². The van der Waals surface area contributed by atoms with E-state index < -0.39 is 11.2 Å². The molecular weight excluding hydrogens is 512 g/mol. The van der Waals surface area contributed by atoms with Gasteiger partial charge in [0, 0.05) is 15.1 Å². The molecule has 0 unspecified atom stereocenters. The summed E-state index contributed by atoms with van der Waals surface area (Å²) >= 11 is 9.34. The molecule has 0 N–H and O–H groups in total. The highest BCUT2D eigenvalue weighted by molar-refractivity contribution is 9.10. The maximum Gasteiger partial charge on any atom is 0.336 e. The number of methoxy groups -OCH3 is 2. The van der Waals surface area contributed by atoms with Crippen molar-refractivity contribution in [1.29, 1.82) is 0 Å². The first-order chi connectivity index (χ1) is 15.8. The number of hydrogen-bond acceptors (Lipinski definition) is 5. The van der Waals surface area contributed by atoms with Crippen LogP contribution in [0.25, 0.3) is 16.6 Å². The van der Waals surface area contributed by atoms with Gasteiger partial charge in [-0.1, -0.05) is 27.5 Å². The number of fused-ring (bicyclic) bond motifs is 1. The second-order valence-electron chi connectivity index (χ2n) is 7.14. The van der Waals surface area contributed by atoms with Gasteiger partial charge in [0.25, 0.3) is 5.56 Å². The van der Waals surface area contributed by atoms with E-state index in [4.69, 9.17) is 21.1 Å². The summed E-state index contributed by atoms with van der Waals surface area (Å²) in [6, 6.07) is 16.1. The summed E-state index contributed by atoms with van der Waals surface area (Å²) in [7, 11) is 2.98. The Hall–Kier alpha value is -3.36. The molecule has 0 aliphatic carbocycles. The van der Waals surface area contributed by atoms with Gasteiger partial charge < -0.3 is 9.47 Å². The number of nitrogens with zero attached hydrogens (tertiary/aromatic N) is 2. The maximum absolute atomic E-state index is 13.4. The molecule has 4 rings (SSSR count). The van der Waals surface area contributed by atoms with Crippen molar-refractivity contribution >= 4 is 44.2 Å². The Morgan fingerprint density at radius 2 is 1.64 bits per heavy atom. The summed E-state index contributed by atoms with van der Waals surface area (Å²) in [5, 5.41) is 0.762. The first kappa shape index (κ1) is 22.8. The first-order valence-electron chi connectivity index (χ1n) is 9.80. The Morgan fingerprint density at radius 3 is 2.30 bits per heavy atom. The summed E-state index contributed by atoms with van der Waals surface area (Å²) in [6.07, 6.45) is 0. The van der Waals surface area contributed by atoms with Crippen molar-refractivity contribution in [3.63, 3.8) is 0 Å². The third-order valence-corrected chi connectivity index (χ3v) is 5.94. The van der Waals surface area contributed by atoms with Gasteiger partial charge in [-0.15, -0.1) is 0 Å². The fourth-order valence-corrected chi connectivity index (χ4v) is 4.05. The Morgan fingerprint density at radius 1 is 0.939 bits per heavy atom. The fourth-order valence-electron chi connectivity index (χ4n) is 3.56. The molecule has 0 aliphatic rings. The number of ketones is 1. The number of hydrogen-bond donors (Lipinski definition) is 0. The molecule has 0 fully saturated rings. The third kappa shape index (κ3) is 4.31. The second-order valence-corrected chi connectivity index (χ2v) is 8.49. The van der Waals surface area contributed by atoms with Crippen LogP contribution in [0.4, 0.5) is 0 Å². The van der Waals surface area contributed by atoms with Crippen LogP contribution in [-0.2, 0) is 6.54 Å². The number of benzene rings is 3. The van der Waals surface area contributed by atoms with Gasteiger partial charge in [0.15, 0.2) is 17.3 Å². The van der Waals surface area contributed by atoms with Crippen LogP contribution < -0.4 is 20.7 Å². The molecule has 0 radical (unpaired) electrons. The maximum atomic E-state index is 13.4. The fraction of sp³-hybridized carbons (Fsp3) is 0.125. The molecule has 3 aromatic carbocycles. The molecular formula is C24H18BrClN2O5. The van der Waals surface area contributed by atoms with Crippen molar-refractivity contribution in [2.24, 2.45) is 0 Å². The predicted octanol–water partition coefficient (Wildman–Crippen LogP) is 4.47. The van der Waals surface area contributed by atoms with E-state index in [0.29, 0.717) is 43.1 Å². The quantitative estimate of drug-likeness (QED) is 0.344. The average molecular weight is 530 g/mol. The van der Waals surface area contributed by atoms with Crippen molar-refractivity contribution in [3.8, 4) is 17.2 Å². The van der Waals surface area contributed by atoms with Gasteiger partial charge in [-0.25, -0.2) is 9.36 Å². The lowest BCUT2D eigenvalue weighted by Crippen LogP contribution is -2.40. The van der Waals surface area contributed by atoms with Gasteiger partial charge >= 0.3 is 5.69 Å². The lowest BCUT2D eigenvalue weighted by molar-refractivity contribution is 0.0971. The zero-order valence-corrected chi connectivity index (χ0v) is 20.0. The summed E-state index contributed by atoms with van der Waals surface area (Å²) in [4.78, 5) is 39.8. The van der Waals surface area contributed by atoms with Gasteiger partial charge in [0.2, 0.25) is 0 Å². The standard InChI is InChI=1S/C24H18BrClN2O5/c1-32-21-10-3-14(11-22(21)33-2)20(29)13-27-19-9-4-15(25)12-18(19)23(30)28(24(27)31)17-7-5-16(26)6-8-17/h3-12H,13H2,1-2H3. The molecule has 0 bridgehead atoms. The average Bonchev–Trinajstić information content (AvgIpc) is 2.82. The van der Waals surface area contributed by atoms with E-state index in [0.717, 1.165) is 4.57 Å². The number of carbonyl (C=O) groups is 1. The van der Waals surface area contributed by atoms with Crippen molar-refractivity contribution in [2.75, 3.05) is 14.2 Å². The van der Waals surface area contributed by atoms with Gasteiger partial charge in [-0.3, -0.25) is 14.2 Å². The van der Waals surface area contributed by atoms with Crippen LogP contribution in [0.15, 0.2) is 74.7 Å². The van der Waals surface area contributed by atoms with E-state index in [1.165, 1.54) is 18.8 Å². The summed E-state index contributed by atoms with van der Waals surface area (Å²) in [5.41, 5.74) is -0.0794. The predicted molar refractivity (Wildman–Crippen MR) is 130 cm³/mol. The summed E-state index contributed by atoms with van der Waals surface area (Å²) in [5.74, 6) is 0.553. The lowest BCUT2D eigenvalue weighted by Gasteiger charge is -2.15. The third-order valence-electron chi connectivity index (χ3n) is 5.20. The molecule has 4 aromatic rings. The van der Waals surface area contributed by atoms with E-state index in [1.807, 2.05) is 0 Å². The van der Waals surface area contributed by atoms with E-state index in [2.05, 4.69) is 15.9 Å². The van der Waals surface area contributed by atoms with Crippen molar-refractivity contribution in [1.82, 2.24) is 9.13 Å². The van der Waals surface area contributed by atoms with Crippen LogP contribution in [0.5, 0.6) is 11.5 Å². The number of rotatable bonds is 6. The van der Waals surface area contributed by atoms with Crippen LogP contribution in [0.1, 0.15) is 10.4 Å². The molecule has 0 spiro atoms. The number of carbonyl (C=O) groups excluding carboxylic acids is 1. The molecule has 33 heavy (non-hydrogen) atoms. The lowest BCUT2D eigenvalue weighted by atomic mass is 10.1. The molecule has 9 heteroatoms. The minimum atomic E-state index is -0.633. The Labute approximate surface area is 201 Å². The van der Waals surface area contributed by atoms with Crippen molar-refractivity contribution < 1.29 is 14.3 Å². The molecule has 1 heterocycles. The Kier molecular flexibility index (Phi) is 6.40. The smallest absolute Gasteiger partial charge is 0.336 e. The molecule has 1 aromatic heterocycles. The summed E-state index contributed by atoms with van der Waals surface area (Å²) < 4.78 is 13.5. The van der Waals surface area contributed by atoms with Gasteiger partial charge in [-0.2, -0.15) is 0 Å². The highest BCUT2D eigenvalue weighted by Gasteiger charge is 2.19. The number of aromatic nitrogens is 2. The Bertz CT molecular complexity index is 1490. The first-order valence-corrected chi connectivity index (χ1v) is 11.0. The van der Waals surface area contributed by atoms with Crippen LogP contribution >= 0.6 is 27.5 Å². The molecule has 0 saturated carbocycles. The molecule has 168 valence electrons. The molecule has 0 atom stereocenters. The van der Waals surface area contributed by atoms with Crippen LogP contribution in [-0.4, -0.2) is 29.1 Å². The van der Waals surface area contributed by atoms with Gasteiger partial charge in [0.1, 0.15) is 0 Å². The molecule has 0 aliphatic heterocycles. The second kappa shape index (κ2) is 9.25. The minimum Gasteiger partial charge on any atom is -0.493 e. The van der Waals surface area contributed by atoms with Gasteiger partial charge in [-0.05, 0) is 60.7 Å². The van der Waals surface area contributed by atoms with Crippen molar-refractivity contribution in [2.45, 2.75) is 6.54 Å². The van der Waals surface area contributed by atoms with Crippen LogP contribution in [0.3, 0.4) is 0 Å². The van der Waals surface area contributed by atoms with E-state index in [9.17, 15) is 14.4 Å². The normalized spacial score (nSPS) is 10.9. The van der Waals surface area contributed by atoms with Gasteiger partial charge in [0.05, 0.1) is 37.4 Å². The highest BCUT2D eigenvalue weighted by Crippen LogP contribution is 2.28. The zero-order valence-electron chi connectivity index (χ0n) is 17.7. The van der Waals surface area contributed by atoms with E-state index in [1.54, 1.807) is 60.7 Å². The van der Waals surface area contributed by atoms with Crippen molar-refractivity contribution in [3.05, 3.63) is 96.6 Å². The summed E-state index contributed by atoms with van der Waals surface area (Å²) in [6.45, 7) is -0.277. The highest BCUT2D eigenvalue weighted by atomic mass is 79.9. The monoisotopic (exact) mass is 528 g/mol. The number of ether oxygens (including phenoxy) is 2. The van der Waals surface area contributed by atoms with E-state index >= 15 is 0 Å². The number of Topliss-reactive ketones (excluding diaryl/α,β-unsaturated/α-hetero) is 1. The molecule has 0 amide bonds. The molecule has 0 saturated heterocycles. The largest absolute Gasteiger partial charge is 0.493 e. The topological polar surface area (TPSA) is 79.5 Å². The molecule has 7 nitrogen and oxygen atoms in total. The number of halogens is 2. The van der Waals surface area contributed by atoms with E-state index in [-0.39, 0.29) is 12.3 Å².